The highest BCUT2D eigenvalue weighted by Gasteiger charge is 2.19. The predicted molar refractivity (Wildman–Crippen MR) is 56.0 cm³/mol. The molecule has 0 aromatic carbocycles. The predicted octanol–water partition coefficient (Wildman–Crippen LogP) is 0.290. The molecule has 5 nitrogen and oxygen atoms in total. The highest BCUT2D eigenvalue weighted by Crippen LogP contribution is 2.20. The van der Waals surface area contributed by atoms with E-state index in [4.69, 9.17) is 5.73 Å². The lowest BCUT2D eigenvalue weighted by Gasteiger charge is -2.13. The number of aromatic nitrogens is 1. The van der Waals surface area contributed by atoms with Crippen LogP contribution in [0.4, 0.5) is 0 Å². The van der Waals surface area contributed by atoms with E-state index in [1.165, 1.54) is 0 Å². The van der Waals surface area contributed by atoms with Crippen LogP contribution in [0.5, 0.6) is 5.88 Å². The molecule has 0 aliphatic carbocycles. The number of rotatable bonds is 2. The van der Waals surface area contributed by atoms with Crippen LogP contribution in [0.3, 0.4) is 0 Å². The first kappa shape index (κ1) is 11.3. The smallest absolute Gasteiger partial charge is 0.256 e. The normalized spacial score (nSPS) is 10.3. The van der Waals surface area contributed by atoms with Crippen LogP contribution in [0.1, 0.15) is 28.4 Å². The van der Waals surface area contributed by atoms with Crippen molar-refractivity contribution < 1.29 is 9.90 Å². The first-order chi connectivity index (χ1) is 6.91. The molecule has 3 N–H and O–H groups in total. The average molecular weight is 210 g/mol. The van der Waals surface area contributed by atoms with Gasteiger partial charge in [-0.15, -0.1) is 0 Å². The number of primary amides is 1. The first-order valence-electron chi connectivity index (χ1n) is 4.64. The summed E-state index contributed by atoms with van der Waals surface area (Å²) < 4.78 is 1.13. The lowest BCUT2D eigenvalue weighted by Crippen LogP contribution is -2.27. The van der Waals surface area contributed by atoms with Crippen LogP contribution in [-0.2, 0) is 6.54 Å². The van der Waals surface area contributed by atoms with Gasteiger partial charge < -0.3 is 10.8 Å². The number of carbonyl (C=O) groups is 1. The third kappa shape index (κ3) is 1.60. The van der Waals surface area contributed by atoms with Gasteiger partial charge in [-0.25, -0.2) is 0 Å². The number of amides is 1. The van der Waals surface area contributed by atoms with E-state index in [9.17, 15) is 14.7 Å². The van der Waals surface area contributed by atoms with Crippen LogP contribution < -0.4 is 11.3 Å². The van der Waals surface area contributed by atoms with E-state index >= 15 is 0 Å². The summed E-state index contributed by atoms with van der Waals surface area (Å²) in [6.45, 7) is 5.21. The fourth-order valence-electron chi connectivity index (χ4n) is 1.54. The molecule has 0 radical (unpaired) electrons. The SMILES string of the molecule is CCn1c(O)c(C(N)=O)c(C)c(C)c1=O. The van der Waals surface area contributed by atoms with Gasteiger partial charge in [-0.05, 0) is 26.3 Å². The number of carbonyl (C=O) groups excluding carboxylic acids is 1. The Morgan fingerprint density at radius 3 is 2.33 bits per heavy atom. The zero-order chi connectivity index (χ0) is 11.7. The summed E-state index contributed by atoms with van der Waals surface area (Å²) in [7, 11) is 0. The molecule has 0 fully saturated rings. The number of nitrogens with two attached hydrogens (primary N) is 1. The molecule has 0 atom stereocenters. The number of pyridine rings is 1. The van der Waals surface area contributed by atoms with E-state index in [-0.39, 0.29) is 17.0 Å². The maximum Gasteiger partial charge on any atom is 0.256 e. The number of aromatic hydroxyl groups is 1. The number of hydrogen-bond acceptors (Lipinski definition) is 3. The second-order valence-electron chi connectivity index (χ2n) is 3.36. The zero-order valence-corrected chi connectivity index (χ0v) is 9.00. The van der Waals surface area contributed by atoms with Gasteiger partial charge in [0.25, 0.3) is 11.5 Å². The summed E-state index contributed by atoms with van der Waals surface area (Å²) >= 11 is 0. The van der Waals surface area contributed by atoms with Crippen molar-refractivity contribution in [2.75, 3.05) is 0 Å². The molecular formula is C10H14N2O3. The molecular weight excluding hydrogens is 196 g/mol. The molecule has 15 heavy (non-hydrogen) atoms. The van der Waals surface area contributed by atoms with Crippen molar-refractivity contribution in [1.29, 1.82) is 0 Å². The Balaban J connectivity index is 3.76. The minimum Gasteiger partial charge on any atom is -0.494 e. The van der Waals surface area contributed by atoms with Gasteiger partial charge in [-0.1, -0.05) is 0 Å². The average Bonchev–Trinajstić information content (AvgIpc) is 2.15. The minimum absolute atomic E-state index is 0.0222. The molecule has 0 bridgehead atoms. The van der Waals surface area contributed by atoms with E-state index in [1.54, 1.807) is 20.8 Å². The highest BCUT2D eigenvalue weighted by atomic mass is 16.3. The lowest BCUT2D eigenvalue weighted by atomic mass is 10.1. The van der Waals surface area contributed by atoms with Crippen LogP contribution in [0.2, 0.25) is 0 Å². The Kier molecular flexibility index (Phi) is 2.83. The number of nitrogens with zero attached hydrogens (tertiary/aromatic N) is 1. The molecule has 1 aromatic heterocycles. The quantitative estimate of drug-likeness (QED) is 0.735. The van der Waals surface area contributed by atoms with Gasteiger partial charge in [-0.3, -0.25) is 14.2 Å². The summed E-state index contributed by atoms with van der Waals surface area (Å²) in [5.41, 5.74) is 5.75. The molecule has 0 aliphatic rings. The molecule has 0 saturated heterocycles. The van der Waals surface area contributed by atoms with Gasteiger partial charge in [0, 0.05) is 12.1 Å². The van der Waals surface area contributed by atoms with Gasteiger partial charge in [0.05, 0.1) is 0 Å². The van der Waals surface area contributed by atoms with Crippen molar-refractivity contribution in [3.63, 3.8) is 0 Å². The molecule has 0 spiro atoms. The molecule has 1 aromatic rings. The summed E-state index contributed by atoms with van der Waals surface area (Å²) in [5, 5.41) is 9.71. The topological polar surface area (TPSA) is 85.3 Å². The standard InChI is InChI=1S/C10H14N2O3/c1-4-12-9(14)6(3)5(2)7(8(11)13)10(12)15/h15H,4H2,1-3H3,(H2,11,13). The second kappa shape index (κ2) is 3.76. The molecule has 1 amide bonds. The van der Waals surface area contributed by atoms with Gasteiger partial charge in [0.2, 0.25) is 5.88 Å². The molecule has 82 valence electrons. The maximum atomic E-state index is 11.7. The molecule has 0 aliphatic heterocycles. The minimum atomic E-state index is -0.727. The van der Waals surface area contributed by atoms with Crippen molar-refractivity contribution in [3.8, 4) is 5.88 Å². The Bertz CT molecular complexity index is 475. The molecule has 1 rings (SSSR count). The van der Waals surface area contributed by atoms with Gasteiger partial charge in [0.1, 0.15) is 5.56 Å². The Hall–Kier alpha value is -1.78. The van der Waals surface area contributed by atoms with Crippen LogP contribution in [0, 0.1) is 13.8 Å². The van der Waals surface area contributed by atoms with Gasteiger partial charge >= 0.3 is 0 Å². The van der Waals surface area contributed by atoms with Crippen LogP contribution in [-0.4, -0.2) is 15.6 Å². The monoisotopic (exact) mass is 210 g/mol. The first-order valence-corrected chi connectivity index (χ1v) is 4.64. The number of hydrogen-bond donors (Lipinski definition) is 2. The van der Waals surface area contributed by atoms with Crippen LogP contribution >= 0.6 is 0 Å². The van der Waals surface area contributed by atoms with Crippen molar-refractivity contribution in [1.82, 2.24) is 4.57 Å². The molecule has 1 heterocycles. The summed E-state index contributed by atoms with van der Waals surface area (Å²) in [5.74, 6) is -1.08. The van der Waals surface area contributed by atoms with Gasteiger partial charge in [0.15, 0.2) is 0 Å². The van der Waals surface area contributed by atoms with Crippen molar-refractivity contribution in [3.05, 3.63) is 27.0 Å². The zero-order valence-electron chi connectivity index (χ0n) is 9.00. The summed E-state index contributed by atoms with van der Waals surface area (Å²) in [4.78, 5) is 22.8. The Labute approximate surface area is 87.1 Å². The third-order valence-corrected chi connectivity index (χ3v) is 2.55. The van der Waals surface area contributed by atoms with Crippen LogP contribution in [0.15, 0.2) is 4.79 Å². The van der Waals surface area contributed by atoms with E-state index in [2.05, 4.69) is 0 Å². The largest absolute Gasteiger partial charge is 0.494 e. The molecule has 0 saturated carbocycles. The van der Waals surface area contributed by atoms with E-state index in [0.29, 0.717) is 17.7 Å². The molecule has 0 unspecified atom stereocenters. The van der Waals surface area contributed by atoms with Crippen molar-refractivity contribution >= 4 is 5.91 Å². The summed E-state index contributed by atoms with van der Waals surface area (Å²) in [6.07, 6.45) is 0. The lowest BCUT2D eigenvalue weighted by molar-refractivity contribution is 0.0995. The van der Waals surface area contributed by atoms with Crippen LogP contribution in [0.25, 0.3) is 0 Å². The van der Waals surface area contributed by atoms with Crippen molar-refractivity contribution in [2.45, 2.75) is 27.3 Å². The van der Waals surface area contributed by atoms with E-state index in [1.807, 2.05) is 0 Å². The second-order valence-corrected chi connectivity index (χ2v) is 3.36. The molecule has 5 heteroatoms. The van der Waals surface area contributed by atoms with Crippen molar-refractivity contribution in [2.24, 2.45) is 5.73 Å². The Morgan fingerprint density at radius 1 is 1.40 bits per heavy atom. The fraction of sp³-hybridized carbons (Fsp3) is 0.400. The van der Waals surface area contributed by atoms with E-state index < -0.39 is 5.91 Å². The summed E-state index contributed by atoms with van der Waals surface area (Å²) in [6, 6.07) is 0. The third-order valence-electron chi connectivity index (χ3n) is 2.55. The van der Waals surface area contributed by atoms with E-state index in [0.717, 1.165) is 4.57 Å². The maximum absolute atomic E-state index is 11.7. The van der Waals surface area contributed by atoms with Gasteiger partial charge in [-0.2, -0.15) is 0 Å². The highest BCUT2D eigenvalue weighted by molar-refractivity contribution is 5.96. The Morgan fingerprint density at radius 2 is 1.93 bits per heavy atom. The fourth-order valence-corrected chi connectivity index (χ4v) is 1.54.